The van der Waals surface area contributed by atoms with E-state index in [4.69, 9.17) is 4.74 Å². The molecule has 0 spiro atoms. The molecule has 3 heterocycles. The molecule has 3 amide bonds. The van der Waals surface area contributed by atoms with Gasteiger partial charge in [0.1, 0.15) is 11.8 Å². The van der Waals surface area contributed by atoms with Gasteiger partial charge in [0.05, 0.1) is 25.4 Å². The van der Waals surface area contributed by atoms with Crippen molar-refractivity contribution in [2.45, 2.75) is 44.4 Å². The van der Waals surface area contributed by atoms with Crippen LogP contribution < -0.4 is 15.0 Å². The fourth-order valence-electron chi connectivity index (χ4n) is 4.18. The van der Waals surface area contributed by atoms with Gasteiger partial charge in [-0.05, 0) is 31.4 Å². The van der Waals surface area contributed by atoms with Crippen LogP contribution >= 0.6 is 0 Å². The average Bonchev–Trinajstić information content (AvgIpc) is 2.98. The largest absolute Gasteiger partial charge is 0.494 e. The molecule has 1 unspecified atom stereocenters. The Hall–Kier alpha value is -2.61. The predicted molar refractivity (Wildman–Crippen MR) is 96.5 cm³/mol. The van der Waals surface area contributed by atoms with Crippen LogP contribution in [0.4, 0.5) is 5.69 Å². The molecule has 3 aliphatic heterocycles. The number of nitrogens with zero attached hydrogens (tertiary/aromatic N) is 2. The maximum Gasteiger partial charge on any atom is 0.255 e. The van der Waals surface area contributed by atoms with Gasteiger partial charge in [-0.1, -0.05) is 0 Å². The van der Waals surface area contributed by atoms with Crippen molar-refractivity contribution in [3.8, 4) is 5.75 Å². The molecule has 0 saturated carbocycles. The number of hydrogen-bond acceptors (Lipinski definition) is 6. The Kier molecular flexibility index (Phi) is 4.51. The summed E-state index contributed by atoms with van der Waals surface area (Å²) < 4.78 is 5.66. The summed E-state index contributed by atoms with van der Waals surface area (Å²) in [5.41, 5.74) is 2.22. The molecule has 8 nitrogen and oxygen atoms in total. The number of rotatable bonds is 3. The Labute approximate surface area is 157 Å². The van der Waals surface area contributed by atoms with E-state index in [-0.39, 0.29) is 30.9 Å². The second-order valence-corrected chi connectivity index (χ2v) is 7.26. The Morgan fingerprint density at radius 3 is 2.56 bits per heavy atom. The summed E-state index contributed by atoms with van der Waals surface area (Å²) in [4.78, 5) is 40.2. The number of imide groups is 1. The van der Waals surface area contributed by atoms with Crippen LogP contribution in [-0.2, 0) is 16.1 Å². The van der Waals surface area contributed by atoms with E-state index >= 15 is 0 Å². The molecule has 0 aliphatic carbocycles. The lowest BCUT2D eigenvalue weighted by atomic mass is 10.0. The second kappa shape index (κ2) is 6.84. The highest BCUT2D eigenvalue weighted by atomic mass is 16.5. The Morgan fingerprint density at radius 1 is 1.15 bits per heavy atom. The number of piperidine rings is 2. The van der Waals surface area contributed by atoms with Crippen LogP contribution in [-0.4, -0.2) is 60.1 Å². The maximum atomic E-state index is 12.9. The van der Waals surface area contributed by atoms with Crippen LogP contribution in [0.1, 0.15) is 41.6 Å². The van der Waals surface area contributed by atoms with Crippen molar-refractivity contribution in [2.24, 2.45) is 0 Å². The monoisotopic (exact) mass is 373 g/mol. The third-order valence-corrected chi connectivity index (χ3v) is 5.66. The molecule has 4 rings (SSSR count). The number of hydrogen-bond donors (Lipinski definition) is 2. The molecule has 144 valence electrons. The van der Waals surface area contributed by atoms with Gasteiger partial charge in [0.2, 0.25) is 11.8 Å². The molecule has 3 aliphatic rings. The second-order valence-electron chi connectivity index (χ2n) is 7.26. The number of anilines is 1. The van der Waals surface area contributed by atoms with Gasteiger partial charge in [0.25, 0.3) is 5.91 Å². The number of carbonyl (C=O) groups excluding carboxylic acids is 3. The fraction of sp³-hybridized carbons (Fsp3) is 0.526. The summed E-state index contributed by atoms with van der Waals surface area (Å²) in [6, 6.07) is 3.02. The lowest BCUT2D eigenvalue weighted by Gasteiger charge is -2.33. The van der Waals surface area contributed by atoms with E-state index in [2.05, 4.69) is 10.2 Å². The van der Waals surface area contributed by atoms with Gasteiger partial charge in [-0.25, -0.2) is 0 Å². The molecule has 2 fully saturated rings. The minimum Gasteiger partial charge on any atom is -0.494 e. The van der Waals surface area contributed by atoms with E-state index < -0.39 is 11.9 Å². The van der Waals surface area contributed by atoms with Crippen molar-refractivity contribution < 1.29 is 24.2 Å². The molecule has 1 atom stereocenters. The van der Waals surface area contributed by atoms with E-state index in [1.807, 2.05) is 6.07 Å². The summed E-state index contributed by atoms with van der Waals surface area (Å²) in [7, 11) is 1.58. The van der Waals surface area contributed by atoms with Gasteiger partial charge in [-0.2, -0.15) is 0 Å². The van der Waals surface area contributed by atoms with Crippen molar-refractivity contribution in [3.63, 3.8) is 0 Å². The summed E-state index contributed by atoms with van der Waals surface area (Å²) in [6.45, 7) is 1.73. The first-order valence-electron chi connectivity index (χ1n) is 9.27. The zero-order valence-electron chi connectivity index (χ0n) is 15.2. The summed E-state index contributed by atoms with van der Waals surface area (Å²) in [6.07, 6.45) is 1.69. The van der Waals surface area contributed by atoms with E-state index in [9.17, 15) is 19.5 Å². The van der Waals surface area contributed by atoms with Gasteiger partial charge >= 0.3 is 0 Å². The van der Waals surface area contributed by atoms with Gasteiger partial charge in [-0.15, -0.1) is 0 Å². The SMILES string of the molecule is COc1c(N2CCC(O)CC2)ccc2c1CN(C1CCC(=O)NC1=O)C2=O. The Bertz CT molecular complexity index is 801. The Balaban J connectivity index is 1.63. The van der Waals surface area contributed by atoms with Gasteiger partial charge < -0.3 is 19.6 Å². The van der Waals surface area contributed by atoms with E-state index in [0.29, 0.717) is 30.6 Å². The number of aliphatic hydroxyl groups is 1. The molecular formula is C19H23N3O5. The van der Waals surface area contributed by atoms with Crippen LogP contribution in [0.25, 0.3) is 0 Å². The highest BCUT2D eigenvalue weighted by Crippen LogP contribution is 2.40. The van der Waals surface area contributed by atoms with Crippen molar-refractivity contribution in [3.05, 3.63) is 23.3 Å². The van der Waals surface area contributed by atoms with Gasteiger partial charge in [0.15, 0.2) is 0 Å². The number of nitrogens with one attached hydrogen (secondary N) is 1. The molecule has 2 N–H and O–H groups in total. The predicted octanol–water partition coefficient (Wildman–Crippen LogP) is 0.417. The molecular weight excluding hydrogens is 350 g/mol. The minimum absolute atomic E-state index is 0.210. The number of benzene rings is 1. The summed E-state index contributed by atoms with van der Waals surface area (Å²) in [5, 5.41) is 12.1. The lowest BCUT2D eigenvalue weighted by Crippen LogP contribution is -2.52. The Morgan fingerprint density at radius 2 is 1.89 bits per heavy atom. The number of fused-ring (bicyclic) bond motifs is 1. The van der Waals surface area contributed by atoms with Crippen molar-refractivity contribution in [1.29, 1.82) is 0 Å². The zero-order chi connectivity index (χ0) is 19.1. The molecule has 1 aromatic carbocycles. The van der Waals surface area contributed by atoms with Crippen LogP contribution in [0.2, 0.25) is 0 Å². The topological polar surface area (TPSA) is 99.2 Å². The highest BCUT2D eigenvalue weighted by molar-refractivity contribution is 6.06. The number of ether oxygens (including phenoxy) is 1. The average molecular weight is 373 g/mol. The highest BCUT2D eigenvalue weighted by Gasteiger charge is 2.41. The molecule has 8 heteroatoms. The first kappa shape index (κ1) is 17.8. The quantitative estimate of drug-likeness (QED) is 0.745. The first-order valence-corrected chi connectivity index (χ1v) is 9.27. The smallest absolute Gasteiger partial charge is 0.255 e. The fourth-order valence-corrected chi connectivity index (χ4v) is 4.18. The zero-order valence-corrected chi connectivity index (χ0v) is 15.2. The number of methoxy groups -OCH3 is 1. The van der Waals surface area contributed by atoms with E-state index in [1.165, 1.54) is 4.90 Å². The number of amides is 3. The molecule has 1 aromatic rings. The molecule has 0 radical (unpaired) electrons. The molecule has 0 bridgehead atoms. The van der Waals surface area contributed by atoms with E-state index in [1.54, 1.807) is 13.2 Å². The lowest BCUT2D eigenvalue weighted by molar-refractivity contribution is -0.136. The van der Waals surface area contributed by atoms with E-state index in [0.717, 1.165) is 24.3 Å². The minimum atomic E-state index is -0.638. The number of aliphatic hydroxyl groups excluding tert-OH is 1. The van der Waals surface area contributed by atoms with Crippen molar-refractivity contribution >= 4 is 23.4 Å². The van der Waals surface area contributed by atoms with Crippen molar-refractivity contribution in [2.75, 3.05) is 25.1 Å². The molecule has 2 saturated heterocycles. The molecule has 0 aromatic heterocycles. The van der Waals surface area contributed by atoms with Crippen LogP contribution in [0, 0.1) is 0 Å². The van der Waals surface area contributed by atoms with Crippen LogP contribution in [0.15, 0.2) is 12.1 Å². The maximum absolute atomic E-state index is 12.9. The van der Waals surface area contributed by atoms with Crippen LogP contribution in [0.3, 0.4) is 0 Å². The first-order chi connectivity index (χ1) is 13.0. The van der Waals surface area contributed by atoms with Gasteiger partial charge in [-0.3, -0.25) is 19.7 Å². The number of carbonyl (C=O) groups is 3. The van der Waals surface area contributed by atoms with Gasteiger partial charge in [0, 0.05) is 30.6 Å². The third-order valence-electron chi connectivity index (χ3n) is 5.66. The third kappa shape index (κ3) is 3.03. The summed E-state index contributed by atoms with van der Waals surface area (Å²) >= 11 is 0. The molecule has 27 heavy (non-hydrogen) atoms. The van der Waals surface area contributed by atoms with Crippen LogP contribution in [0.5, 0.6) is 5.75 Å². The van der Waals surface area contributed by atoms with Crippen molar-refractivity contribution in [1.82, 2.24) is 10.2 Å². The standard InChI is InChI=1S/C19H23N3O5/c1-27-17-13-10-22(15-4-5-16(24)20-18(15)25)19(26)12(13)2-3-14(17)21-8-6-11(23)7-9-21/h2-3,11,15,23H,4-10H2,1H3,(H,20,24,25). The normalized spacial score (nSPS) is 23.5. The summed E-state index contributed by atoms with van der Waals surface area (Å²) in [5.74, 6) is -0.283.